The van der Waals surface area contributed by atoms with Gasteiger partial charge in [0.15, 0.2) is 0 Å². The predicted molar refractivity (Wildman–Crippen MR) is 98.2 cm³/mol. The smallest absolute Gasteiger partial charge is 0.228 e. The average molecular weight is 356 g/mol. The largest absolute Gasteiger partial charge is 0.342 e. The van der Waals surface area contributed by atoms with Crippen LogP contribution >= 0.6 is 11.3 Å². The Balaban J connectivity index is 1.29. The van der Waals surface area contributed by atoms with Gasteiger partial charge >= 0.3 is 0 Å². The van der Waals surface area contributed by atoms with Gasteiger partial charge in [0, 0.05) is 43.1 Å². The van der Waals surface area contributed by atoms with E-state index < -0.39 is 0 Å². The summed E-state index contributed by atoms with van der Waals surface area (Å²) in [4.78, 5) is 25.8. The molecule has 1 amide bonds. The van der Waals surface area contributed by atoms with Crippen molar-refractivity contribution in [3.05, 3.63) is 46.7 Å². The van der Waals surface area contributed by atoms with Gasteiger partial charge in [-0.25, -0.2) is 4.98 Å². The topological polar surface area (TPSA) is 49.3 Å². The summed E-state index contributed by atoms with van der Waals surface area (Å²) in [6.07, 6.45) is 7.55. The molecule has 2 aromatic rings. The Morgan fingerprint density at radius 1 is 1.12 bits per heavy atom. The molecule has 0 radical (unpaired) electrons. The molecule has 0 unspecified atom stereocenters. The molecular formula is C19H24N4OS. The highest BCUT2D eigenvalue weighted by Crippen LogP contribution is 2.40. The lowest BCUT2D eigenvalue weighted by Crippen LogP contribution is -2.44. The molecule has 0 saturated carbocycles. The van der Waals surface area contributed by atoms with Crippen LogP contribution in [0.1, 0.15) is 30.0 Å². The summed E-state index contributed by atoms with van der Waals surface area (Å²) in [6.45, 7) is 5.05. The number of piperidine rings is 1. The molecule has 132 valence electrons. The summed E-state index contributed by atoms with van der Waals surface area (Å²) < 4.78 is 0. The van der Waals surface area contributed by atoms with E-state index in [1.807, 2.05) is 34.7 Å². The van der Waals surface area contributed by atoms with Gasteiger partial charge in [0.2, 0.25) is 5.91 Å². The Kier molecular flexibility index (Phi) is 4.81. The molecule has 4 rings (SSSR count). The number of carbonyl (C=O) groups is 1. The minimum Gasteiger partial charge on any atom is -0.342 e. The third-order valence-electron chi connectivity index (χ3n) is 5.60. The van der Waals surface area contributed by atoms with Gasteiger partial charge in [0.05, 0.1) is 13.0 Å². The van der Waals surface area contributed by atoms with E-state index in [4.69, 9.17) is 0 Å². The van der Waals surface area contributed by atoms with Crippen molar-refractivity contribution in [2.45, 2.75) is 32.2 Å². The normalized spacial score (nSPS) is 20.2. The first kappa shape index (κ1) is 16.7. The number of pyridine rings is 1. The Morgan fingerprint density at radius 2 is 1.96 bits per heavy atom. The molecule has 5 nitrogen and oxygen atoms in total. The Labute approximate surface area is 152 Å². The van der Waals surface area contributed by atoms with Gasteiger partial charge in [-0.2, -0.15) is 0 Å². The Bertz CT molecular complexity index is 695. The monoisotopic (exact) mass is 356 g/mol. The van der Waals surface area contributed by atoms with Crippen molar-refractivity contribution in [1.82, 2.24) is 19.8 Å². The van der Waals surface area contributed by atoms with Crippen LogP contribution in [-0.2, 0) is 17.8 Å². The van der Waals surface area contributed by atoms with E-state index in [0.717, 1.165) is 51.3 Å². The van der Waals surface area contributed by atoms with E-state index in [1.54, 1.807) is 17.5 Å². The van der Waals surface area contributed by atoms with Gasteiger partial charge < -0.3 is 4.90 Å². The summed E-state index contributed by atoms with van der Waals surface area (Å²) in [6, 6.07) is 5.75. The van der Waals surface area contributed by atoms with Crippen molar-refractivity contribution in [3.8, 4) is 0 Å². The van der Waals surface area contributed by atoms with Crippen LogP contribution in [0, 0.1) is 5.41 Å². The number of amides is 1. The molecule has 0 aromatic carbocycles. The highest BCUT2D eigenvalue weighted by atomic mass is 32.1. The third kappa shape index (κ3) is 3.90. The average Bonchev–Trinajstić information content (AvgIpc) is 3.27. The van der Waals surface area contributed by atoms with Crippen molar-refractivity contribution in [2.24, 2.45) is 5.41 Å². The minimum atomic E-state index is 0.214. The summed E-state index contributed by atoms with van der Waals surface area (Å²) >= 11 is 1.74. The first-order valence-electron chi connectivity index (χ1n) is 9.01. The standard InChI is InChI=1S/C19H24N4OS/c24-18(13-16-3-1-2-7-20-16)23-10-5-19(6-11-23)4-9-22(15-19)14-17-21-8-12-25-17/h1-3,7-8,12H,4-6,9-11,13-15H2. The van der Waals surface area contributed by atoms with E-state index in [2.05, 4.69) is 14.9 Å². The van der Waals surface area contributed by atoms with Gasteiger partial charge in [-0.1, -0.05) is 6.07 Å². The molecule has 1 spiro atoms. The van der Waals surface area contributed by atoms with E-state index in [-0.39, 0.29) is 5.91 Å². The first-order chi connectivity index (χ1) is 12.2. The van der Waals surface area contributed by atoms with Crippen LogP contribution < -0.4 is 0 Å². The second kappa shape index (κ2) is 7.22. The Morgan fingerprint density at radius 3 is 2.68 bits per heavy atom. The molecule has 2 saturated heterocycles. The lowest BCUT2D eigenvalue weighted by molar-refractivity contribution is -0.132. The highest BCUT2D eigenvalue weighted by molar-refractivity contribution is 7.09. The number of hydrogen-bond acceptors (Lipinski definition) is 5. The van der Waals surface area contributed by atoms with Gasteiger partial charge in [-0.3, -0.25) is 14.7 Å². The molecule has 0 aliphatic carbocycles. The van der Waals surface area contributed by atoms with Crippen LogP contribution in [0.25, 0.3) is 0 Å². The molecule has 6 heteroatoms. The molecule has 0 bridgehead atoms. The zero-order valence-corrected chi connectivity index (χ0v) is 15.2. The number of carbonyl (C=O) groups excluding carboxylic acids is 1. The van der Waals surface area contributed by atoms with E-state index >= 15 is 0 Å². The lowest BCUT2D eigenvalue weighted by atomic mass is 9.77. The molecule has 0 N–H and O–H groups in total. The minimum absolute atomic E-state index is 0.214. The number of thiazole rings is 1. The van der Waals surface area contributed by atoms with Crippen LogP contribution in [-0.4, -0.2) is 51.9 Å². The maximum absolute atomic E-state index is 12.5. The molecule has 4 heterocycles. The molecule has 25 heavy (non-hydrogen) atoms. The Hall–Kier alpha value is -1.79. The van der Waals surface area contributed by atoms with Crippen LogP contribution in [0.3, 0.4) is 0 Å². The van der Waals surface area contributed by atoms with E-state index in [0.29, 0.717) is 11.8 Å². The highest BCUT2D eigenvalue weighted by Gasteiger charge is 2.41. The fourth-order valence-corrected chi connectivity index (χ4v) is 4.75. The summed E-state index contributed by atoms with van der Waals surface area (Å²) in [5.74, 6) is 0.214. The summed E-state index contributed by atoms with van der Waals surface area (Å²) in [5.41, 5.74) is 1.27. The fraction of sp³-hybridized carbons (Fsp3) is 0.526. The number of likely N-dealkylation sites (tertiary alicyclic amines) is 2. The lowest BCUT2D eigenvalue weighted by Gasteiger charge is -2.39. The molecule has 2 aromatic heterocycles. The zero-order chi connectivity index (χ0) is 17.1. The second-order valence-electron chi connectivity index (χ2n) is 7.27. The molecule has 2 aliphatic heterocycles. The predicted octanol–water partition coefficient (Wildman–Crippen LogP) is 2.60. The van der Waals surface area contributed by atoms with Crippen LogP contribution in [0.5, 0.6) is 0 Å². The molecule has 2 fully saturated rings. The van der Waals surface area contributed by atoms with Crippen LogP contribution in [0.4, 0.5) is 0 Å². The summed E-state index contributed by atoms with van der Waals surface area (Å²) in [5, 5.41) is 3.26. The molecular weight excluding hydrogens is 332 g/mol. The maximum atomic E-state index is 12.5. The van der Waals surface area contributed by atoms with Gasteiger partial charge in [-0.15, -0.1) is 11.3 Å². The maximum Gasteiger partial charge on any atom is 0.228 e. The quantitative estimate of drug-likeness (QED) is 0.845. The number of hydrogen-bond donors (Lipinski definition) is 0. The van der Waals surface area contributed by atoms with Crippen molar-refractivity contribution >= 4 is 17.2 Å². The number of nitrogens with zero attached hydrogens (tertiary/aromatic N) is 4. The van der Waals surface area contributed by atoms with E-state index in [9.17, 15) is 4.79 Å². The van der Waals surface area contributed by atoms with Crippen molar-refractivity contribution in [1.29, 1.82) is 0 Å². The summed E-state index contributed by atoms with van der Waals surface area (Å²) in [7, 11) is 0. The van der Waals surface area contributed by atoms with Crippen molar-refractivity contribution in [3.63, 3.8) is 0 Å². The number of aromatic nitrogens is 2. The third-order valence-corrected chi connectivity index (χ3v) is 6.36. The fourth-order valence-electron chi connectivity index (χ4n) is 4.09. The second-order valence-corrected chi connectivity index (χ2v) is 8.24. The van der Waals surface area contributed by atoms with Crippen LogP contribution in [0.15, 0.2) is 36.0 Å². The van der Waals surface area contributed by atoms with Crippen molar-refractivity contribution < 1.29 is 4.79 Å². The first-order valence-corrected chi connectivity index (χ1v) is 9.89. The van der Waals surface area contributed by atoms with Gasteiger partial charge in [-0.05, 0) is 43.4 Å². The zero-order valence-electron chi connectivity index (χ0n) is 14.4. The van der Waals surface area contributed by atoms with Crippen molar-refractivity contribution in [2.75, 3.05) is 26.2 Å². The van der Waals surface area contributed by atoms with Gasteiger partial charge in [0.25, 0.3) is 0 Å². The molecule has 2 aliphatic rings. The van der Waals surface area contributed by atoms with E-state index in [1.165, 1.54) is 11.4 Å². The molecule has 0 atom stereocenters. The van der Waals surface area contributed by atoms with Gasteiger partial charge in [0.1, 0.15) is 5.01 Å². The SMILES string of the molecule is O=C(Cc1ccccn1)N1CCC2(CCN(Cc3nccs3)C2)CC1. The number of rotatable bonds is 4. The van der Waals surface area contributed by atoms with Crippen LogP contribution in [0.2, 0.25) is 0 Å².